The number of para-hydroxylation sites is 1. The first-order valence-electron chi connectivity index (χ1n) is 8.16. The maximum atomic E-state index is 12.3. The minimum Gasteiger partial charge on any atom is -0.457 e. The summed E-state index contributed by atoms with van der Waals surface area (Å²) in [7, 11) is 0. The Morgan fingerprint density at radius 1 is 0.963 bits per heavy atom. The molecule has 0 aliphatic heterocycles. The molecule has 3 rings (SSSR count). The molecular formula is C21H16N4O2. The maximum Gasteiger partial charge on any atom is 0.267 e. The summed E-state index contributed by atoms with van der Waals surface area (Å²) >= 11 is 0. The Hall–Kier alpha value is -4.11. The van der Waals surface area contributed by atoms with Crippen molar-refractivity contribution in [3.8, 4) is 17.6 Å². The van der Waals surface area contributed by atoms with Crippen molar-refractivity contribution in [2.45, 2.75) is 0 Å². The van der Waals surface area contributed by atoms with Gasteiger partial charge in [0.05, 0.1) is 11.9 Å². The van der Waals surface area contributed by atoms with Gasteiger partial charge in [0.2, 0.25) is 0 Å². The van der Waals surface area contributed by atoms with Gasteiger partial charge >= 0.3 is 0 Å². The largest absolute Gasteiger partial charge is 0.457 e. The molecule has 0 unspecified atom stereocenters. The number of anilines is 2. The highest BCUT2D eigenvalue weighted by atomic mass is 16.5. The molecule has 1 amide bonds. The van der Waals surface area contributed by atoms with Crippen LogP contribution >= 0.6 is 0 Å². The van der Waals surface area contributed by atoms with Crippen LogP contribution in [0.3, 0.4) is 0 Å². The van der Waals surface area contributed by atoms with E-state index in [2.05, 4.69) is 15.6 Å². The summed E-state index contributed by atoms with van der Waals surface area (Å²) < 4.78 is 5.70. The SMILES string of the molecule is N#C/C(=C/Nc1cccnc1)C(=O)Nc1ccc(Oc2ccccc2)cc1. The van der Waals surface area contributed by atoms with Crippen LogP contribution in [0.1, 0.15) is 0 Å². The van der Waals surface area contributed by atoms with Gasteiger partial charge in [-0.2, -0.15) is 5.26 Å². The fraction of sp³-hybridized carbons (Fsp3) is 0. The van der Waals surface area contributed by atoms with Gasteiger partial charge in [-0.3, -0.25) is 9.78 Å². The molecule has 27 heavy (non-hydrogen) atoms. The van der Waals surface area contributed by atoms with E-state index in [0.717, 1.165) is 5.75 Å². The summed E-state index contributed by atoms with van der Waals surface area (Å²) in [5, 5.41) is 14.8. The van der Waals surface area contributed by atoms with Crippen molar-refractivity contribution < 1.29 is 9.53 Å². The van der Waals surface area contributed by atoms with Crippen LogP contribution in [-0.2, 0) is 4.79 Å². The van der Waals surface area contributed by atoms with Gasteiger partial charge in [0.25, 0.3) is 5.91 Å². The number of nitrogens with zero attached hydrogens (tertiary/aromatic N) is 2. The molecule has 132 valence electrons. The molecule has 6 heteroatoms. The Balaban J connectivity index is 1.61. The first-order chi connectivity index (χ1) is 13.2. The Bertz CT molecular complexity index is 963. The van der Waals surface area contributed by atoms with Gasteiger partial charge in [0.15, 0.2) is 0 Å². The summed E-state index contributed by atoms with van der Waals surface area (Å²) in [6.45, 7) is 0. The van der Waals surface area contributed by atoms with E-state index < -0.39 is 5.91 Å². The predicted molar refractivity (Wildman–Crippen MR) is 103 cm³/mol. The highest BCUT2D eigenvalue weighted by Gasteiger charge is 2.09. The van der Waals surface area contributed by atoms with E-state index in [1.165, 1.54) is 6.20 Å². The van der Waals surface area contributed by atoms with E-state index >= 15 is 0 Å². The van der Waals surface area contributed by atoms with Gasteiger partial charge in [0, 0.05) is 18.1 Å². The third-order valence-corrected chi connectivity index (χ3v) is 3.50. The normalized spacial score (nSPS) is 10.6. The first kappa shape index (κ1) is 17.7. The third-order valence-electron chi connectivity index (χ3n) is 3.50. The Morgan fingerprint density at radius 3 is 2.37 bits per heavy atom. The van der Waals surface area contributed by atoms with Crippen molar-refractivity contribution in [2.75, 3.05) is 10.6 Å². The van der Waals surface area contributed by atoms with Gasteiger partial charge in [0.1, 0.15) is 23.1 Å². The first-order valence-corrected chi connectivity index (χ1v) is 8.16. The van der Waals surface area contributed by atoms with Crippen LogP contribution in [0, 0.1) is 11.3 Å². The van der Waals surface area contributed by atoms with Crippen LogP contribution in [0.25, 0.3) is 0 Å². The smallest absolute Gasteiger partial charge is 0.267 e. The van der Waals surface area contributed by atoms with Gasteiger partial charge in [-0.15, -0.1) is 0 Å². The Labute approximate surface area is 156 Å². The third kappa shape index (κ3) is 5.18. The van der Waals surface area contributed by atoms with E-state index in [9.17, 15) is 10.1 Å². The molecule has 2 aromatic carbocycles. The Kier molecular flexibility index (Phi) is 5.79. The molecule has 0 saturated heterocycles. The molecule has 2 N–H and O–H groups in total. The van der Waals surface area contributed by atoms with Crippen molar-refractivity contribution >= 4 is 17.3 Å². The molecule has 0 saturated carbocycles. The molecule has 1 aromatic heterocycles. The number of pyridine rings is 1. The molecule has 0 bridgehead atoms. The molecule has 0 fully saturated rings. The predicted octanol–water partition coefficient (Wildman–Crippen LogP) is 4.33. The zero-order chi connectivity index (χ0) is 18.9. The number of aromatic nitrogens is 1. The second kappa shape index (κ2) is 8.83. The average molecular weight is 356 g/mol. The lowest BCUT2D eigenvalue weighted by Crippen LogP contribution is -2.14. The molecule has 0 spiro atoms. The number of benzene rings is 2. The highest BCUT2D eigenvalue weighted by Crippen LogP contribution is 2.22. The summed E-state index contributed by atoms with van der Waals surface area (Å²) in [6, 6.07) is 21.7. The number of hydrogen-bond acceptors (Lipinski definition) is 5. The fourth-order valence-electron chi connectivity index (χ4n) is 2.18. The summed E-state index contributed by atoms with van der Waals surface area (Å²) in [4.78, 5) is 16.2. The number of nitrogens with one attached hydrogen (secondary N) is 2. The monoisotopic (exact) mass is 356 g/mol. The van der Waals surface area contributed by atoms with Crippen LogP contribution < -0.4 is 15.4 Å². The van der Waals surface area contributed by atoms with Gasteiger partial charge in [-0.05, 0) is 48.5 Å². The molecule has 1 heterocycles. The van der Waals surface area contributed by atoms with Crippen molar-refractivity contribution in [2.24, 2.45) is 0 Å². The number of hydrogen-bond donors (Lipinski definition) is 2. The maximum absolute atomic E-state index is 12.3. The number of carbonyl (C=O) groups is 1. The van der Waals surface area contributed by atoms with Crippen LogP contribution in [0.15, 0.2) is 90.9 Å². The Morgan fingerprint density at radius 2 is 1.70 bits per heavy atom. The van der Waals surface area contributed by atoms with Crippen LogP contribution in [-0.4, -0.2) is 10.9 Å². The molecule has 6 nitrogen and oxygen atoms in total. The van der Waals surface area contributed by atoms with Crippen LogP contribution in [0.5, 0.6) is 11.5 Å². The number of rotatable bonds is 6. The van der Waals surface area contributed by atoms with Crippen LogP contribution in [0.4, 0.5) is 11.4 Å². The molecule has 0 aliphatic rings. The summed E-state index contributed by atoms with van der Waals surface area (Å²) in [6.07, 6.45) is 4.58. The fourth-order valence-corrected chi connectivity index (χ4v) is 2.18. The molecule has 3 aromatic rings. The number of nitriles is 1. The molecular weight excluding hydrogens is 340 g/mol. The van der Waals surface area contributed by atoms with Crippen molar-refractivity contribution in [3.63, 3.8) is 0 Å². The standard InChI is InChI=1S/C21H16N4O2/c22-13-16(14-24-18-5-4-12-23-15-18)21(26)25-17-8-10-20(11-9-17)27-19-6-2-1-3-7-19/h1-12,14-15,24H,(H,25,26)/b16-14-. The highest BCUT2D eigenvalue weighted by molar-refractivity contribution is 6.06. The second-order valence-corrected chi connectivity index (χ2v) is 5.45. The van der Waals surface area contributed by atoms with Crippen LogP contribution in [0.2, 0.25) is 0 Å². The molecule has 0 radical (unpaired) electrons. The van der Waals surface area contributed by atoms with Gasteiger partial charge < -0.3 is 15.4 Å². The number of ether oxygens (including phenoxy) is 1. The minimum atomic E-state index is -0.509. The van der Waals surface area contributed by atoms with E-state index in [1.54, 1.807) is 48.8 Å². The van der Waals surface area contributed by atoms with E-state index in [-0.39, 0.29) is 5.57 Å². The average Bonchev–Trinajstić information content (AvgIpc) is 2.71. The van der Waals surface area contributed by atoms with Gasteiger partial charge in [-0.25, -0.2) is 0 Å². The lowest BCUT2D eigenvalue weighted by atomic mass is 10.2. The van der Waals surface area contributed by atoms with E-state index in [0.29, 0.717) is 17.1 Å². The second-order valence-electron chi connectivity index (χ2n) is 5.45. The minimum absolute atomic E-state index is 0.0523. The summed E-state index contributed by atoms with van der Waals surface area (Å²) in [5.74, 6) is 0.865. The molecule has 0 atom stereocenters. The van der Waals surface area contributed by atoms with Crippen molar-refractivity contribution in [3.05, 3.63) is 90.9 Å². The zero-order valence-electron chi connectivity index (χ0n) is 14.3. The number of carbonyl (C=O) groups excluding carboxylic acids is 1. The van der Waals surface area contributed by atoms with Gasteiger partial charge in [-0.1, -0.05) is 18.2 Å². The molecule has 0 aliphatic carbocycles. The quantitative estimate of drug-likeness (QED) is 0.507. The zero-order valence-corrected chi connectivity index (χ0v) is 14.3. The van der Waals surface area contributed by atoms with E-state index in [4.69, 9.17) is 4.74 Å². The van der Waals surface area contributed by atoms with Crippen molar-refractivity contribution in [1.29, 1.82) is 5.26 Å². The lowest BCUT2D eigenvalue weighted by Gasteiger charge is -2.08. The topological polar surface area (TPSA) is 87.0 Å². The summed E-state index contributed by atoms with van der Waals surface area (Å²) in [5.41, 5.74) is 1.19. The number of amides is 1. The lowest BCUT2D eigenvalue weighted by molar-refractivity contribution is -0.112. The van der Waals surface area contributed by atoms with Crippen molar-refractivity contribution in [1.82, 2.24) is 4.98 Å². The van der Waals surface area contributed by atoms with E-state index in [1.807, 2.05) is 36.4 Å².